The predicted octanol–water partition coefficient (Wildman–Crippen LogP) is 2.27. The van der Waals surface area contributed by atoms with Crippen LogP contribution in [0.25, 0.3) is 0 Å². The first-order valence-corrected chi connectivity index (χ1v) is 10.6. The number of aryl methyl sites for hydroxylation is 1. The number of thiophene rings is 1. The SMILES string of the molecule is CNC(=O)NS(=O)(=O)c1cc(CC(=O)NC(C)(C)c2cccs2)ccc1C. The number of rotatable bonds is 6. The third-order valence-electron chi connectivity index (χ3n) is 3.95. The van der Waals surface area contributed by atoms with Gasteiger partial charge >= 0.3 is 6.03 Å². The smallest absolute Gasteiger partial charge is 0.328 e. The molecule has 7 nitrogen and oxygen atoms in total. The Hall–Kier alpha value is -2.39. The molecule has 146 valence electrons. The van der Waals surface area contributed by atoms with Crippen LogP contribution in [0.3, 0.4) is 0 Å². The van der Waals surface area contributed by atoms with Crippen LogP contribution in [0.5, 0.6) is 0 Å². The van der Waals surface area contributed by atoms with Crippen molar-refractivity contribution in [3.63, 3.8) is 0 Å². The van der Waals surface area contributed by atoms with Crippen molar-refractivity contribution in [3.8, 4) is 0 Å². The summed E-state index contributed by atoms with van der Waals surface area (Å²) in [5, 5.41) is 7.11. The quantitative estimate of drug-likeness (QED) is 0.681. The highest BCUT2D eigenvalue weighted by Gasteiger charge is 2.25. The Balaban J connectivity index is 2.18. The molecule has 2 rings (SSSR count). The van der Waals surface area contributed by atoms with E-state index in [1.54, 1.807) is 30.4 Å². The van der Waals surface area contributed by atoms with Crippen molar-refractivity contribution in [1.29, 1.82) is 0 Å². The molecule has 0 saturated heterocycles. The fraction of sp³-hybridized carbons (Fsp3) is 0.333. The molecule has 2 aromatic rings. The second-order valence-electron chi connectivity index (χ2n) is 6.61. The van der Waals surface area contributed by atoms with Crippen molar-refractivity contribution in [2.45, 2.75) is 37.6 Å². The maximum Gasteiger partial charge on any atom is 0.328 e. The molecule has 0 aliphatic rings. The predicted molar refractivity (Wildman–Crippen MR) is 105 cm³/mol. The number of hydrogen-bond acceptors (Lipinski definition) is 5. The van der Waals surface area contributed by atoms with E-state index in [-0.39, 0.29) is 17.2 Å². The van der Waals surface area contributed by atoms with Gasteiger partial charge in [0.05, 0.1) is 16.9 Å². The summed E-state index contributed by atoms with van der Waals surface area (Å²) < 4.78 is 26.7. The number of amides is 3. The standard InChI is InChI=1S/C18H23N3O4S2/c1-12-7-8-13(10-14(12)27(24,25)21-17(23)19-4)11-16(22)20-18(2,3)15-6-5-9-26-15/h5-10H,11H2,1-4H3,(H,20,22)(H2,19,21,23). The molecular weight excluding hydrogens is 386 g/mol. The van der Waals surface area contributed by atoms with Crippen molar-refractivity contribution in [2.75, 3.05) is 7.05 Å². The van der Waals surface area contributed by atoms with Gasteiger partial charge in [0.1, 0.15) is 0 Å². The topological polar surface area (TPSA) is 104 Å². The molecule has 0 atom stereocenters. The lowest BCUT2D eigenvalue weighted by atomic mass is 10.0. The van der Waals surface area contributed by atoms with Crippen LogP contribution in [-0.2, 0) is 26.8 Å². The Bertz CT molecular complexity index is 936. The summed E-state index contributed by atoms with van der Waals surface area (Å²) in [6, 6.07) is 7.78. The van der Waals surface area contributed by atoms with Gasteiger partial charge in [0.2, 0.25) is 5.91 Å². The average molecular weight is 410 g/mol. The molecule has 1 heterocycles. The number of carbonyl (C=O) groups is 2. The number of sulfonamides is 1. The molecule has 0 bridgehead atoms. The zero-order valence-corrected chi connectivity index (χ0v) is 17.3. The summed E-state index contributed by atoms with van der Waals surface area (Å²) in [6.07, 6.45) is 0.0254. The second-order valence-corrected chi connectivity index (χ2v) is 9.21. The Morgan fingerprint density at radius 3 is 2.48 bits per heavy atom. The highest BCUT2D eigenvalue weighted by Crippen LogP contribution is 2.25. The van der Waals surface area contributed by atoms with E-state index in [4.69, 9.17) is 0 Å². The number of nitrogens with one attached hydrogen (secondary N) is 3. The fourth-order valence-electron chi connectivity index (χ4n) is 2.55. The summed E-state index contributed by atoms with van der Waals surface area (Å²) in [4.78, 5) is 24.8. The molecule has 1 aromatic carbocycles. The fourth-order valence-corrected chi connectivity index (χ4v) is 4.61. The Morgan fingerprint density at radius 2 is 1.89 bits per heavy atom. The first-order chi connectivity index (χ1) is 12.5. The van der Waals surface area contributed by atoms with Crippen LogP contribution >= 0.6 is 11.3 Å². The zero-order valence-electron chi connectivity index (χ0n) is 15.6. The minimum atomic E-state index is -4.02. The van der Waals surface area contributed by atoms with E-state index in [0.717, 1.165) is 4.88 Å². The third-order valence-corrected chi connectivity index (χ3v) is 6.62. The molecule has 0 radical (unpaired) electrons. The molecule has 9 heteroatoms. The first-order valence-electron chi connectivity index (χ1n) is 8.24. The highest BCUT2D eigenvalue weighted by molar-refractivity contribution is 7.90. The van der Waals surface area contributed by atoms with E-state index in [1.165, 1.54) is 13.1 Å². The summed E-state index contributed by atoms with van der Waals surface area (Å²) in [7, 11) is -2.70. The summed E-state index contributed by atoms with van der Waals surface area (Å²) in [6.45, 7) is 5.45. The van der Waals surface area contributed by atoms with Crippen LogP contribution in [0, 0.1) is 6.92 Å². The average Bonchev–Trinajstić information content (AvgIpc) is 3.11. The van der Waals surface area contributed by atoms with E-state index >= 15 is 0 Å². The van der Waals surface area contributed by atoms with Gasteiger partial charge in [-0.3, -0.25) is 4.79 Å². The summed E-state index contributed by atoms with van der Waals surface area (Å²) >= 11 is 1.55. The normalized spacial score (nSPS) is 11.7. The zero-order chi connectivity index (χ0) is 20.2. The Labute approximate surface area is 163 Å². The van der Waals surface area contributed by atoms with E-state index < -0.39 is 21.6 Å². The van der Waals surface area contributed by atoms with Gasteiger partial charge in [-0.1, -0.05) is 18.2 Å². The van der Waals surface area contributed by atoms with Crippen molar-refractivity contribution >= 4 is 33.3 Å². The van der Waals surface area contributed by atoms with Gasteiger partial charge in [-0.05, 0) is 49.4 Å². The van der Waals surface area contributed by atoms with E-state index in [1.807, 2.05) is 36.1 Å². The van der Waals surface area contributed by atoms with Gasteiger partial charge in [-0.2, -0.15) is 0 Å². The van der Waals surface area contributed by atoms with E-state index in [9.17, 15) is 18.0 Å². The van der Waals surface area contributed by atoms with Gasteiger partial charge in [-0.25, -0.2) is 17.9 Å². The molecule has 0 unspecified atom stereocenters. The largest absolute Gasteiger partial charge is 0.346 e. The van der Waals surface area contributed by atoms with Crippen molar-refractivity contribution in [1.82, 2.24) is 15.4 Å². The van der Waals surface area contributed by atoms with Gasteiger partial charge in [0.25, 0.3) is 10.0 Å². The number of carbonyl (C=O) groups excluding carboxylic acids is 2. The van der Waals surface area contributed by atoms with E-state index in [0.29, 0.717) is 11.1 Å². The van der Waals surface area contributed by atoms with Crippen LogP contribution in [0.2, 0.25) is 0 Å². The molecule has 3 N–H and O–H groups in total. The summed E-state index contributed by atoms with van der Waals surface area (Å²) in [5.41, 5.74) is 0.498. The van der Waals surface area contributed by atoms with Crippen molar-refractivity contribution in [2.24, 2.45) is 0 Å². The second kappa shape index (κ2) is 8.10. The Morgan fingerprint density at radius 1 is 1.19 bits per heavy atom. The Kier molecular flexibility index (Phi) is 6.27. The molecule has 0 fully saturated rings. The number of hydrogen-bond donors (Lipinski definition) is 3. The minimum absolute atomic E-state index is 0.0254. The van der Waals surface area contributed by atoms with Crippen LogP contribution in [-0.4, -0.2) is 27.4 Å². The molecular formula is C18H23N3O4S2. The van der Waals surface area contributed by atoms with Gasteiger partial charge < -0.3 is 10.6 Å². The molecule has 1 aromatic heterocycles. The number of benzene rings is 1. The highest BCUT2D eigenvalue weighted by atomic mass is 32.2. The minimum Gasteiger partial charge on any atom is -0.346 e. The summed E-state index contributed by atoms with van der Waals surface area (Å²) in [5.74, 6) is -0.222. The molecule has 0 saturated carbocycles. The van der Waals surface area contributed by atoms with Gasteiger partial charge in [0.15, 0.2) is 0 Å². The number of urea groups is 1. The monoisotopic (exact) mass is 409 g/mol. The molecule has 0 spiro atoms. The van der Waals surface area contributed by atoms with Crippen LogP contribution in [0.4, 0.5) is 4.79 Å². The van der Waals surface area contributed by atoms with Gasteiger partial charge in [0, 0.05) is 11.9 Å². The van der Waals surface area contributed by atoms with Crippen molar-refractivity contribution in [3.05, 3.63) is 51.7 Å². The maximum absolute atomic E-state index is 12.5. The maximum atomic E-state index is 12.5. The van der Waals surface area contributed by atoms with Crippen LogP contribution < -0.4 is 15.4 Å². The van der Waals surface area contributed by atoms with Crippen LogP contribution in [0.1, 0.15) is 29.9 Å². The lowest BCUT2D eigenvalue weighted by molar-refractivity contribution is -0.122. The van der Waals surface area contributed by atoms with Crippen LogP contribution in [0.15, 0.2) is 40.6 Å². The van der Waals surface area contributed by atoms with E-state index in [2.05, 4.69) is 10.6 Å². The molecule has 27 heavy (non-hydrogen) atoms. The first kappa shape index (κ1) is 20.9. The van der Waals surface area contributed by atoms with Gasteiger partial charge in [-0.15, -0.1) is 11.3 Å². The lowest BCUT2D eigenvalue weighted by Crippen LogP contribution is -2.41. The van der Waals surface area contributed by atoms with Crippen molar-refractivity contribution < 1.29 is 18.0 Å². The molecule has 0 aliphatic heterocycles. The lowest BCUT2D eigenvalue weighted by Gasteiger charge is -2.25. The molecule has 3 amide bonds. The molecule has 0 aliphatic carbocycles. The third kappa shape index (κ3) is 5.30.